The van der Waals surface area contributed by atoms with Gasteiger partial charge in [0.05, 0.1) is 39.6 Å². The molecule has 0 fully saturated rings. The predicted octanol–water partition coefficient (Wildman–Crippen LogP) is 15.4. The van der Waals surface area contributed by atoms with Gasteiger partial charge in [0.1, 0.15) is 23.0 Å². The van der Waals surface area contributed by atoms with Crippen LogP contribution in [0.2, 0.25) is 0 Å². The van der Waals surface area contributed by atoms with Crippen LogP contribution in [0.25, 0.3) is 0 Å². The topological polar surface area (TPSA) is 130 Å². The molecule has 0 unspecified atom stereocenters. The van der Waals surface area contributed by atoms with Crippen LogP contribution in [0.1, 0.15) is 223 Å². The largest absolute Gasteiger partial charge is 0.493 e. The highest BCUT2D eigenvalue weighted by molar-refractivity contribution is 5.81. The molecule has 4 aromatic carbocycles. The number of ether oxygens (including phenoxy) is 6. The molecule has 8 bridgehead atoms. The van der Waals surface area contributed by atoms with Gasteiger partial charge in [-0.2, -0.15) is 0 Å². The van der Waals surface area contributed by atoms with E-state index in [0.717, 1.165) is 192 Å². The van der Waals surface area contributed by atoms with E-state index in [0.29, 0.717) is 103 Å². The number of aliphatic hydroxyl groups is 2. The van der Waals surface area contributed by atoms with Crippen LogP contribution in [-0.2, 0) is 70.4 Å². The number of aryl methyl sites for hydroxylation is 4. The first-order chi connectivity index (χ1) is 39.2. The maximum absolute atomic E-state index is 12.2. The number of esters is 2. The summed E-state index contributed by atoms with van der Waals surface area (Å²) in [6, 6.07) is 18.4. The number of hydrogen-bond donors (Lipinski definition) is 2. The Balaban J connectivity index is 1.90. The summed E-state index contributed by atoms with van der Waals surface area (Å²) in [7, 11) is 0. The highest BCUT2D eigenvalue weighted by Crippen LogP contribution is 2.42. The Kier molecular flexibility index (Phi) is 31.1. The lowest BCUT2D eigenvalue weighted by Crippen LogP contribution is -2.12. The molecule has 0 spiro atoms. The summed E-state index contributed by atoms with van der Waals surface area (Å²) in [4.78, 5) is 24.4. The number of unbranched alkanes of at least 4 members (excludes halogenated alkanes) is 12. The minimum Gasteiger partial charge on any atom is -0.493 e. The van der Waals surface area contributed by atoms with Gasteiger partial charge in [0.15, 0.2) is 0 Å². The molecule has 0 atom stereocenters. The lowest BCUT2D eigenvalue weighted by molar-refractivity contribution is -0.138. The average Bonchev–Trinajstić information content (AvgIpc) is 3.49. The van der Waals surface area contributed by atoms with Gasteiger partial charge < -0.3 is 38.6 Å². The fourth-order valence-electron chi connectivity index (χ4n) is 10.9. The van der Waals surface area contributed by atoms with Gasteiger partial charge in [0, 0.05) is 51.0 Å². The number of aliphatic hydroxyl groups excluding tert-OH is 2. The third-order valence-electron chi connectivity index (χ3n) is 15.0. The molecule has 0 radical (unpaired) electrons. The SMILES string of the molecule is C=CC(=O)OCCCc1cc2c(OCCCCCC)c(c1)Cc1cc(CCCOC(=O)C=C)cc(c1OCCCCCC)Cc1cc(CCCO)cc(c1OCCCCCC)Cc1cc(CCCO)cc(c1OCCCCCC)C2. The van der Waals surface area contributed by atoms with E-state index in [-0.39, 0.29) is 26.4 Å². The van der Waals surface area contributed by atoms with Crippen LogP contribution in [0.4, 0.5) is 0 Å². The Morgan fingerprint density at radius 2 is 0.600 bits per heavy atom. The Morgan fingerprint density at radius 3 is 0.812 bits per heavy atom. The lowest BCUT2D eigenvalue weighted by Gasteiger charge is -2.25. The van der Waals surface area contributed by atoms with Crippen LogP contribution in [0.3, 0.4) is 0 Å². The Hall–Kier alpha value is -5.58. The summed E-state index contributed by atoms with van der Waals surface area (Å²) in [5.41, 5.74) is 13.1. The second kappa shape index (κ2) is 38.2. The smallest absolute Gasteiger partial charge is 0.330 e. The third kappa shape index (κ3) is 22.4. The summed E-state index contributed by atoms with van der Waals surface area (Å²) < 4.78 is 39.7. The third-order valence-corrected chi connectivity index (χ3v) is 15.0. The van der Waals surface area contributed by atoms with Crippen molar-refractivity contribution >= 4 is 11.9 Å². The van der Waals surface area contributed by atoms with Crippen LogP contribution in [-0.4, -0.2) is 75.0 Å². The minimum absolute atomic E-state index is 0.0885. The van der Waals surface area contributed by atoms with E-state index in [9.17, 15) is 19.8 Å². The zero-order valence-electron chi connectivity index (χ0n) is 49.8. The quantitative estimate of drug-likeness (QED) is 0.0222. The van der Waals surface area contributed by atoms with Gasteiger partial charge >= 0.3 is 11.9 Å². The zero-order chi connectivity index (χ0) is 57.2. The average molecular weight is 1100 g/mol. The van der Waals surface area contributed by atoms with Gasteiger partial charge in [-0.1, -0.05) is 166 Å². The molecule has 1 aliphatic rings. The van der Waals surface area contributed by atoms with Gasteiger partial charge in [-0.05, 0) is 144 Å². The molecule has 0 aromatic heterocycles. The highest BCUT2D eigenvalue weighted by Gasteiger charge is 2.25. The Labute approximate surface area is 482 Å². The minimum atomic E-state index is -0.430. The van der Waals surface area contributed by atoms with E-state index in [1.165, 1.54) is 12.2 Å². The maximum atomic E-state index is 12.2. The fourth-order valence-corrected chi connectivity index (χ4v) is 10.9. The van der Waals surface area contributed by atoms with Gasteiger partial charge in [-0.25, -0.2) is 9.59 Å². The van der Waals surface area contributed by atoms with Crippen LogP contribution in [0, 0.1) is 0 Å². The van der Waals surface area contributed by atoms with E-state index in [4.69, 9.17) is 28.4 Å². The standard InChI is InChI=1S/C70H100O10/c1-7-13-17-21-35-77-67-57-41-53(29-25-33-71)43-59(67)50-61-45-55(31-27-39-75-65(73)11-5)47-63(69(61)79-37-23-19-15-9-3)52-64-48-56(32-28-40-76-66(74)12-6)46-62(70(64)80-38-24-20-16-10-4)51-60-44-54(30-26-34-72)42-58(49-57)68(60)78-36-22-18-14-8-2/h11-12,41-48,71-72H,5-10,13-40,49-52H2,1-4H3. The number of benzene rings is 4. The second-order valence-corrected chi connectivity index (χ2v) is 21.9. The van der Waals surface area contributed by atoms with Crippen LogP contribution in [0.15, 0.2) is 73.8 Å². The molecule has 0 heterocycles. The first kappa shape index (κ1) is 65.2. The molecule has 10 nitrogen and oxygen atoms in total. The normalized spacial score (nSPS) is 12.0. The first-order valence-electron chi connectivity index (χ1n) is 31.1. The molecular weight excluding hydrogens is 1000 g/mol. The maximum Gasteiger partial charge on any atom is 0.330 e. The second-order valence-electron chi connectivity index (χ2n) is 21.9. The van der Waals surface area contributed by atoms with Crippen molar-refractivity contribution in [2.75, 3.05) is 52.9 Å². The van der Waals surface area contributed by atoms with Crippen molar-refractivity contribution in [3.05, 3.63) is 141 Å². The predicted molar refractivity (Wildman–Crippen MR) is 325 cm³/mol. The molecule has 80 heavy (non-hydrogen) atoms. The fraction of sp³-hybridized carbons (Fsp3) is 0.571. The Bertz CT molecular complexity index is 2320. The number of hydrogen-bond acceptors (Lipinski definition) is 10. The molecule has 0 saturated carbocycles. The van der Waals surface area contributed by atoms with E-state index in [2.05, 4.69) is 89.4 Å². The summed E-state index contributed by atoms with van der Waals surface area (Å²) in [6.07, 6.45) is 27.0. The highest BCUT2D eigenvalue weighted by atomic mass is 16.5. The van der Waals surface area contributed by atoms with Gasteiger partial charge in [-0.15, -0.1) is 0 Å². The molecule has 5 rings (SSSR count). The van der Waals surface area contributed by atoms with Crippen molar-refractivity contribution in [1.82, 2.24) is 0 Å². The van der Waals surface area contributed by atoms with Crippen molar-refractivity contribution in [2.45, 2.75) is 207 Å². The molecule has 0 amide bonds. The summed E-state index contributed by atoms with van der Waals surface area (Å²) >= 11 is 0. The first-order valence-corrected chi connectivity index (χ1v) is 31.1. The van der Waals surface area contributed by atoms with E-state index >= 15 is 0 Å². The Morgan fingerprint density at radius 1 is 0.362 bits per heavy atom. The summed E-state index contributed by atoms with van der Waals surface area (Å²) in [5, 5.41) is 20.5. The molecule has 10 heteroatoms. The number of fused-ring (bicyclic) bond motifs is 8. The summed E-state index contributed by atoms with van der Waals surface area (Å²) in [5.74, 6) is 2.67. The monoisotopic (exact) mass is 1100 g/mol. The van der Waals surface area contributed by atoms with Crippen molar-refractivity contribution in [3.8, 4) is 23.0 Å². The molecule has 0 aliphatic heterocycles. The van der Waals surface area contributed by atoms with Crippen molar-refractivity contribution in [2.24, 2.45) is 0 Å². The van der Waals surface area contributed by atoms with E-state index in [1.54, 1.807) is 0 Å². The van der Waals surface area contributed by atoms with Crippen LogP contribution in [0.5, 0.6) is 23.0 Å². The van der Waals surface area contributed by atoms with Crippen molar-refractivity contribution < 1.29 is 48.2 Å². The molecule has 440 valence electrons. The number of rotatable bonds is 40. The number of carbonyl (C=O) groups excluding carboxylic acids is 2. The van der Waals surface area contributed by atoms with Crippen molar-refractivity contribution in [3.63, 3.8) is 0 Å². The molecule has 2 N–H and O–H groups in total. The van der Waals surface area contributed by atoms with Gasteiger partial charge in [0.2, 0.25) is 0 Å². The van der Waals surface area contributed by atoms with Gasteiger partial charge in [0.25, 0.3) is 0 Å². The van der Waals surface area contributed by atoms with E-state index < -0.39 is 11.9 Å². The molecule has 1 aliphatic carbocycles. The van der Waals surface area contributed by atoms with Crippen LogP contribution >= 0.6 is 0 Å². The van der Waals surface area contributed by atoms with E-state index in [1.807, 2.05) is 0 Å². The number of carbonyl (C=O) groups is 2. The van der Waals surface area contributed by atoms with Gasteiger partial charge in [-0.3, -0.25) is 0 Å². The molecular formula is C70H100O10. The zero-order valence-corrected chi connectivity index (χ0v) is 49.8. The summed E-state index contributed by atoms with van der Waals surface area (Å²) in [6.45, 7) is 19.2. The lowest BCUT2D eigenvalue weighted by atomic mass is 9.87. The van der Waals surface area contributed by atoms with Crippen LogP contribution < -0.4 is 18.9 Å². The van der Waals surface area contributed by atoms with Crippen molar-refractivity contribution in [1.29, 1.82) is 0 Å². The molecule has 0 saturated heterocycles. The molecule has 4 aromatic rings.